The number of carbonyl (C=O) groups is 2. The molecule has 1 heterocycles. The molecule has 11 atom stereocenters. The number of piperidine rings is 1. The summed E-state index contributed by atoms with van der Waals surface area (Å²) >= 11 is 15.1. The molecule has 0 radical (unpaired) electrons. The maximum absolute atomic E-state index is 13.4. The van der Waals surface area contributed by atoms with Crippen LogP contribution in [-0.2, 0) is 101 Å². The van der Waals surface area contributed by atoms with Crippen LogP contribution in [-0.4, -0.2) is 157 Å². The van der Waals surface area contributed by atoms with Crippen LogP contribution >= 0.6 is 20.2 Å². The van der Waals surface area contributed by atoms with Crippen molar-refractivity contribution in [3.05, 3.63) is 11.6 Å². The zero-order chi connectivity index (χ0) is 58.3. The van der Waals surface area contributed by atoms with Crippen LogP contribution in [0.1, 0.15) is 157 Å². The van der Waals surface area contributed by atoms with Crippen molar-refractivity contribution in [2.45, 2.75) is 163 Å². The molecule has 1 saturated heterocycles. The smallest absolute Gasteiger partial charge is 0.324 e. The van der Waals surface area contributed by atoms with Crippen molar-refractivity contribution in [2.24, 2.45) is 51.8 Å². The first-order valence-corrected chi connectivity index (χ1v) is 37.6. The first-order valence-electron chi connectivity index (χ1n) is 29.8. The number of ether oxygens (including phenoxy) is 6. The number of hydrogen-bond donors (Lipinski definition) is 3. The van der Waals surface area contributed by atoms with E-state index in [1.165, 1.54) is 65.6 Å². The molecule has 3 saturated carbocycles. The number of nitrogens with zero attached hydrogens (tertiary/aromatic N) is 1. The van der Waals surface area contributed by atoms with E-state index in [4.69, 9.17) is 86.5 Å². The molecule has 0 bridgehead atoms. The van der Waals surface area contributed by atoms with Gasteiger partial charge in [0.2, 0.25) is 5.91 Å². The molecule has 4 fully saturated rings. The van der Waals surface area contributed by atoms with Gasteiger partial charge in [-0.1, -0.05) is 78.4 Å². The minimum Gasteiger partial charge on any atom is -0.462 e. The molecule has 4 aliphatic carbocycles. The molecule has 0 aromatic rings. The lowest BCUT2D eigenvalue weighted by Crippen LogP contribution is -2.51. The summed E-state index contributed by atoms with van der Waals surface area (Å²) < 4.78 is 65.2. The van der Waals surface area contributed by atoms with Crippen molar-refractivity contribution < 1.29 is 79.8 Å². The average Bonchev–Trinajstić information content (AvgIpc) is 3.99. The lowest BCUT2D eigenvalue weighted by atomic mass is 9.47. The van der Waals surface area contributed by atoms with Gasteiger partial charge in [-0.25, -0.2) is 0 Å². The van der Waals surface area contributed by atoms with Gasteiger partial charge in [0.25, 0.3) is 0 Å². The van der Waals surface area contributed by atoms with Gasteiger partial charge in [0.15, 0.2) is 0 Å². The SMILES string of the molecule is COP(O)(=S)OCCOCCOCCOCCOCCOCCOP(O)(=S)OCC1(COP(O)(=S)OC)CCN(C(=O)CCCCCCC(=O)O[C@H]2CC[C@@]3(C)C(=CCC4C5CCC([C@H](C)CCCC(C)C)[C@@]5(C)CCC43)C2)CC1. The third-order valence-corrected chi connectivity index (χ3v) is 23.2. The molecular formula is C56H102NO17P3S3. The van der Waals surface area contributed by atoms with Crippen molar-refractivity contribution in [3.63, 3.8) is 0 Å². The molecule has 0 spiro atoms. The predicted octanol–water partition coefficient (Wildman–Crippen LogP) is 11.0. The Morgan fingerprint density at radius 3 is 1.71 bits per heavy atom. The minimum atomic E-state index is -3.68. The monoisotopic (exact) mass is 1250 g/mol. The first kappa shape index (κ1) is 70.8. The summed E-state index contributed by atoms with van der Waals surface area (Å²) in [5.74, 6) is 4.80. The fraction of sp³-hybridized carbons (Fsp3) is 0.929. The predicted molar refractivity (Wildman–Crippen MR) is 320 cm³/mol. The summed E-state index contributed by atoms with van der Waals surface area (Å²) in [5, 5.41) is 0. The van der Waals surface area contributed by atoms with Crippen LogP contribution in [0, 0.1) is 51.8 Å². The van der Waals surface area contributed by atoms with Crippen LogP contribution in [0.2, 0.25) is 0 Å². The number of hydrogen-bond acceptors (Lipinski definition) is 17. The van der Waals surface area contributed by atoms with E-state index < -0.39 is 25.6 Å². The summed E-state index contributed by atoms with van der Waals surface area (Å²) in [5.41, 5.74) is 1.54. The van der Waals surface area contributed by atoms with Gasteiger partial charge in [0.1, 0.15) is 6.10 Å². The quantitative estimate of drug-likeness (QED) is 0.0225. The summed E-state index contributed by atoms with van der Waals surface area (Å²) in [7, 11) is 2.58. The number of fused-ring (bicyclic) bond motifs is 5. The number of unbranched alkanes of at least 4 members (excludes halogenated alkanes) is 3. The van der Waals surface area contributed by atoms with Crippen LogP contribution in [0.4, 0.5) is 0 Å². The number of allylic oxidation sites excluding steroid dienone is 1. The second kappa shape index (κ2) is 35.2. The molecule has 3 N–H and O–H groups in total. The summed E-state index contributed by atoms with van der Waals surface area (Å²) in [6.45, 7) is 6.41. The fourth-order valence-electron chi connectivity index (χ4n) is 13.6. The Bertz CT molecular complexity index is 2040. The highest BCUT2D eigenvalue weighted by Crippen LogP contribution is 2.67. The van der Waals surface area contributed by atoms with E-state index >= 15 is 0 Å². The van der Waals surface area contributed by atoms with Crippen molar-refractivity contribution in [2.75, 3.05) is 120 Å². The Labute approximate surface area is 495 Å². The van der Waals surface area contributed by atoms with Gasteiger partial charge in [0, 0.05) is 52.0 Å². The van der Waals surface area contributed by atoms with E-state index in [1.54, 1.807) is 5.57 Å². The molecule has 7 unspecified atom stereocenters. The molecule has 0 aromatic heterocycles. The molecule has 1 aliphatic heterocycles. The molecule has 0 aromatic carbocycles. The van der Waals surface area contributed by atoms with E-state index in [-0.39, 0.29) is 63.0 Å². The Hall–Kier alpha value is 0.0700. The number of esters is 1. The van der Waals surface area contributed by atoms with Gasteiger partial charge in [0.05, 0.1) is 92.5 Å². The van der Waals surface area contributed by atoms with Gasteiger partial charge in [-0.3, -0.25) is 9.59 Å². The van der Waals surface area contributed by atoms with Crippen LogP contribution in [0.15, 0.2) is 11.6 Å². The third kappa shape index (κ3) is 23.3. The number of likely N-dealkylation sites (tertiary alicyclic amines) is 1. The Morgan fingerprint density at radius 2 is 1.15 bits per heavy atom. The van der Waals surface area contributed by atoms with Crippen molar-refractivity contribution >= 4 is 67.5 Å². The van der Waals surface area contributed by atoms with Crippen molar-refractivity contribution in [1.82, 2.24) is 4.90 Å². The number of carbonyl (C=O) groups excluding carboxylic acids is 2. The van der Waals surface area contributed by atoms with Crippen LogP contribution < -0.4 is 0 Å². The summed E-state index contributed by atoms with van der Waals surface area (Å²) in [6, 6.07) is 0. The van der Waals surface area contributed by atoms with Gasteiger partial charge in [-0.15, -0.1) is 0 Å². The van der Waals surface area contributed by atoms with E-state index in [2.05, 4.69) is 45.2 Å². The van der Waals surface area contributed by atoms with Gasteiger partial charge in [-0.05, 0) is 152 Å². The molecule has 1 amide bonds. The fourth-order valence-corrected chi connectivity index (χ4v) is 16.1. The highest BCUT2D eigenvalue weighted by Gasteiger charge is 2.59. The van der Waals surface area contributed by atoms with Gasteiger partial charge >= 0.3 is 26.1 Å². The van der Waals surface area contributed by atoms with Crippen LogP contribution in [0.5, 0.6) is 0 Å². The maximum atomic E-state index is 13.4. The number of rotatable bonds is 41. The molecule has 80 heavy (non-hydrogen) atoms. The summed E-state index contributed by atoms with van der Waals surface area (Å²) in [6.07, 6.45) is 21.2. The molecule has 466 valence electrons. The zero-order valence-electron chi connectivity index (χ0n) is 49.4. The van der Waals surface area contributed by atoms with E-state index in [0.717, 1.165) is 80.5 Å². The number of amides is 1. The van der Waals surface area contributed by atoms with Gasteiger partial charge < -0.3 is 75.1 Å². The van der Waals surface area contributed by atoms with Crippen molar-refractivity contribution in [1.29, 1.82) is 0 Å². The highest BCUT2D eigenvalue weighted by molar-refractivity contribution is 8.07. The van der Waals surface area contributed by atoms with E-state index in [0.29, 0.717) is 97.0 Å². The Morgan fingerprint density at radius 1 is 0.625 bits per heavy atom. The summed E-state index contributed by atoms with van der Waals surface area (Å²) in [4.78, 5) is 59.1. The largest absolute Gasteiger partial charge is 0.462 e. The minimum absolute atomic E-state index is 0.00208. The Kier molecular flexibility index (Phi) is 31.1. The topological polar surface area (TPSA) is 209 Å². The second-order valence-corrected chi connectivity index (χ2v) is 32.7. The van der Waals surface area contributed by atoms with E-state index in [1.807, 2.05) is 4.90 Å². The van der Waals surface area contributed by atoms with Crippen LogP contribution in [0.25, 0.3) is 0 Å². The zero-order valence-corrected chi connectivity index (χ0v) is 54.6. The molecular weight excluding hydrogens is 1150 g/mol. The normalized spacial score (nSPS) is 28.2. The van der Waals surface area contributed by atoms with Crippen molar-refractivity contribution in [3.8, 4) is 0 Å². The molecule has 18 nitrogen and oxygen atoms in total. The average molecular weight is 1250 g/mol. The molecule has 5 aliphatic rings. The van der Waals surface area contributed by atoms with Crippen LogP contribution in [0.3, 0.4) is 0 Å². The highest BCUT2D eigenvalue weighted by atomic mass is 32.5. The lowest BCUT2D eigenvalue weighted by Gasteiger charge is -2.58. The maximum Gasteiger partial charge on any atom is 0.324 e. The molecule has 24 heteroatoms. The lowest BCUT2D eigenvalue weighted by molar-refractivity contribution is -0.151. The second-order valence-electron chi connectivity index (χ2n) is 24.0. The first-order chi connectivity index (χ1) is 38.1. The standard InChI is InChI=1S/C56H102NO17P3S3/c1-44(2)13-12-14-45(3)49-19-20-50-48-18-17-46-41-47(21-23-54(46,4)51(48)22-24-55(49,50)5)74-53(59)16-11-9-8-10-15-52(58)57-27-25-56(26-28-57,42-72-76(61,79)64-7)43-73-77(62,80)71-40-38-69-36-34-67-32-30-65-29-31-66-33-35-68-37-39-70-75(60,78)63-6/h17,44-45,47-51H,8-16,18-43H2,1-7H3,(H,60,78)(H,61,79)(H,62,80)/t45-,47+,48?,49?,50?,51?,54+,55-,75?,76?,77?/m1/s1. The third-order valence-electron chi connectivity index (χ3n) is 18.2. The van der Waals surface area contributed by atoms with Gasteiger partial charge in [-0.2, -0.15) is 0 Å². The Balaban J connectivity index is 0.899. The van der Waals surface area contributed by atoms with E-state index in [9.17, 15) is 24.3 Å². The molecule has 5 rings (SSSR count).